The molecule has 7 heteroatoms. The number of hydrogen-bond donors (Lipinski definition) is 1. The third kappa shape index (κ3) is 3.63. The minimum Gasteiger partial charge on any atom is -0.507 e. The average Bonchev–Trinajstić information content (AvgIpc) is 3.04. The van der Waals surface area contributed by atoms with E-state index in [4.69, 9.17) is 16.3 Å². The van der Waals surface area contributed by atoms with Crippen LogP contribution < -0.4 is 9.64 Å². The maximum absolute atomic E-state index is 13.4. The Morgan fingerprint density at radius 3 is 2.38 bits per heavy atom. The topological polar surface area (TPSA) is 66.8 Å². The van der Waals surface area contributed by atoms with Gasteiger partial charge in [0.15, 0.2) is 0 Å². The molecule has 0 saturated carbocycles. The van der Waals surface area contributed by atoms with Gasteiger partial charge in [-0.3, -0.25) is 14.5 Å². The van der Waals surface area contributed by atoms with E-state index in [1.165, 1.54) is 42.3 Å². The number of anilines is 1. The summed E-state index contributed by atoms with van der Waals surface area (Å²) in [5, 5.41) is 11.3. The van der Waals surface area contributed by atoms with Gasteiger partial charge in [-0.15, -0.1) is 0 Å². The van der Waals surface area contributed by atoms with Crippen LogP contribution in [0.4, 0.5) is 10.1 Å². The van der Waals surface area contributed by atoms with E-state index in [0.29, 0.717) is 17.0 Å². The number of carbonyl (C=O) groups is 2. The van der Waals surface area contributed by atoms with Crippen LogP contribution >= 0.6 is 11.6 Å². The van der Waals surface area contributed by atoms with E-state index in [0.717, 1.165) is 5.56 Å². The molecule has 1 heterocycles. The fourth-order valence-corrected chi connectivity index (χ4v) is 4.11. The smallest absolute Gasteiger partial charge is 0.300 e. The maximum atomic E-state index is 13.4. The van der Waals surface area contributed by atoms with E-state index in [1.54, 1.807) is 24.3 Å². The summed E-state index contributed by atoms with van der Waals surface area (Å²) >= 11 is 6.28. The number of aliphatic hydroxyl groups excluding tert-OH is 1. The summed E-state index contributed by atoms with van der Waals surface area (Å²) in [5.74, 6) is -2.08. The van der Waals surface area contributed by atoms with Crippen molar-refractivity contribution >= 4 is 34.7 Å². The molecular formula is C25H19ClFNO4. The molecule has 1 amide bonds. The Labute approximate surface area is 189 Å². The second-order valence-electron chi connectivity index (χ2n) is 7.35. The van der Waals surface area contributed by atoms with Gasteiger partial charge in [-0.1, -0.05) is 35.9 Å². The molecule has 3 aromatic carbocycles. The van der Waals surface area contributed by atoms with Crippen molar-refractivity contribution in [2.75, 3.05) is 12.0 Å². The molecule has 5 nitrogen and oxygen atoms in total. The summed E-state index contributed by atoms with van der Waals surface area (Å²) in [6, 6.07) is 16.2. The van der Waals surface area contributed by atoms with Crippen LogP contribution in [-0.4, -0.2) is 23.9 Å². The molecule has 1 aliphatic rings. The quantitative estimate of drug-likeness (QED) is 0.326. The third-order valence-electron chi connectivity index (χ3n) is 5.46. The minimum absolute atomic E-state index is 0.0807. The molecule has 0 aromatic heterocycles. The highest BCUT2D eigenvalue weighted by Gasteiger charge is 2.47. The second-order valence-corrected chi connectivity index (χ2v) is 7.76. The molecule has 1 atom stereocenters. The van der Waals surface area contributed by atoms with E-state index < -0.39 is 23.5 Å². The number of Topliss-reactive ketones (excluding diaryl/α,β-unsaturated/α-hetero) is 1. The lowest BCUT2D eigenvalue weighted by Crippen LogP contribution is -2.29. The van der Waals surface area contributed by atoms with E-state index in [2.05, 4.69) is 0 Å². The Morgan fingerprint density at radius 2 is 1.75 bits per heavy atom. The number of benzene rings is 3. The predicted molar refractivity (Wildman–Crippen MR) is 120 cm³/mol. The van der Waals surface area contributed by atoms with Gasteiger partial charge in [0.05, 0.1) is 23.7 Å². The van der Waals surface area contributed by atoms with Crippen molar-refractivity contribution in [2.45, 2.75) is 13.0 Å². The molecular weight excluding hydrogens is 433 g/mol. The normalized spacial score (nSPS) is 17.6. The molecule has 0 spiro atoms. The first kappa shape index (κ1) is 21.6. The van der Waals surface area contributed by atoms with Gasteiger partial charge >= 0.3 is 0 Å². The van der Waals surface area contributed by atoms with Crippen molar-refractivity contribution in [3.05, 3.63) is 99.8 Å². The van der Waals surface area contributed by atoms with Gasteiger partial charge < -0.3 is 9.84 Å². The van der Waals surface area contributed by atoms with Crippen molar-refractivity contribution < 1.29 is 23.8 Å². The third-order valence-corrected chi connectivity index (χ3v) is 5.75. The van der Waals surface area contributed by atoms with E-state index in [9.17, 15) is 19.1 Å². The number of halogens is 2. The summed E-state index contributed by atoms with van der Waals surface area (Å²) < 4.78 is 18.6. The molecule has 4 rings (SSSR count). The molecule has 0 aliphatic carbocycles. The number of amides is 1. The fraction of sp³-hybridized carbons (Fsp3) is 0.120. The molecule has 32 heavy (non-hydrogen) atoms. The Kier molecular flexibility index (Phi) is 5.72. The number of carbonyl (C=O) groups excluding carboxylic acids is 2. The highest BCUT2D eigenvalue weighted by atomic mass is 35.5. The summed E-state index contributed by atoms with van der Waals surface area (Å²) in [7, 11) is 1.48. The first-order valence-corrected chi connectivity index (χ1v) is 10.2. The Balaban J connectivity index is 1.96. The van der Waals surface area contributed by atoms with Gasteiger partial charge in [-0.05, 0) is 60.5 Å². The molecule has 1 N–H and O–H groups in total. The number of aliphatic hydroxyl groups is 1. The molecule has 1 unspecified atom stereocenters. The van der Waals surface area contributed by atoms with Crippen molar-refractivity contribution in [1.29, 1.82) is 0 Å². The van der Waals surface area contributed by atoms with Gasteiger partial charge in [-0.25, -0.2) is 4.39 Å². The zero-order valence-corrected chi connectivity index (χ0v) is 18.1. The minimum atomic E-state index is -0.897. The summed E-state index contributed by atoms with van der Waals surface area (Å²) in [6.45, 7) is 1.86. The lowest BCUT2D eigenvalue weighted by molar-refractivity contribution is -0.132. The molecule has 1 saturated heterocycles. The summed E-state index contributed by atoms with van der Waals surface area (Å²) in [5.41, 5.74) is 2.03. The van der Waals surface area contributed by atoms with Gasteiger partial charge in [0.2, 0.25) is 0 Å². The van der Waals surface area contributed by atoms with Crippen LogP contribution in [0.15, 0.2) is 72.3 Å². The van der Waals surface area contributed by atoms with Crippen LogP contribution in [0.1, 0.15) is 22.7 Å². The molecule has 1 aliphatic heterocycles. The monoisotopic (exact) mass is 451 g/mol. The van der Waals surface area contributed by atoms with Crippen LogP contribution in [-0.2, 0) is 9.59 Å². The van der Waals surface area contributed by atoms with Crippen LogP contribution in [0.25, 0.3) is 5.76 Å². The molecule has 0 bridgehead atoms. The number of rotatable bonds is 4. The van der Waals surface area contributed by atoms with Crippen LogP contribution in [0.2, 0.25) is 5.02 Å². The van der Waals surface area contributed by atoms with Crippen LogP contribution in [0.3, 0.4) is 0 Å². The maximum Gasteiger partial charge on any atom is 0.300 e. The standard InChI is InChI=1S/C25H19ClFNO4/c1-14-5-3-4-6-18(14)22-21(23(29)15-7-9-16(27)10-8-15)24(30)25(31)28(22)17-11-12-20(32-2)19(26)13-17/h3-13,22,29H,1-2H3/b23-21+. The van der Waals surface area contributed by atoms with Gasteiger partial charge in [-0.2, -0.15) is 0 Å². The van der Waals surface area contributed by atoms with Crippen molar-refractivity contribution in [2.24, 2.45) is 0 Å². The van der Waals surface area contributed by atoms with Crippen molar-refractivity contribution in [1.82, 2.24) is 0 Å². The highest BCUT2D eigenvalue weighted by Crippen LogP contribution is 2.44. The number of aryl methyl sites for hydroxylation is 1. The molecule has 3 aromatic rings. The summed E-state index contributed by atoms with van der Waals surface area (Å²) in [4.78, 5) is 27.6. The van der Waals surface area contributed by atoms with Gasteiger partial charge in [0.1, 0.15) is 17.3 Å². The predicted octanol–water partition coefficient (Wildman–Crippen LogP) is 5.42. The molecule has 1 fully saturated rings. The summed E-state index contributed by atoms with van der Waals surface area (Å²) in [6.07, 6.45) is 0. The molecule has 162 valence electrons. The molecule has 0 radical (unpaired) electrons. The second kappa shape index (κ2) is 8.48. The zero-order valence-electron chi connectivity index (χ0n) is 17.3. The van der Waals surface area contributed by atoms with E-state index in [1.807, 2.05) is 19.1 Å². The first-order valence-electron chi connectivity index (χ1n) is 9.79. The zero-order chi connectivity index (χ0) is 23.0. The fourth-order valence-electron chi connectivity index (χ4n) is 3.86. The average molecular weight is 452 g/mol. The number of methoxy groups -OCH3 is 1. The largest absolute Gasteiger partial charge is 0.507 e. The number of nitrogens with zero attached hydrogens (tertiary/aromatic N) is 1. The SMILES string of the molecule is COc1ccc(N2C(=O)C(=O)/C(=C(/O)c3ccc(F)cc3)C2c2ccccc2C)cc1Cl. The first-order chi connectivity index (χ1) is 15.3. The van der Waals surface area contributed by atoms with Crippen LogP contribution in [0.5, 0.6) is 5.75 Å². The van der Waals surface area contributed by atoms with E-state index in [-0.39, 0.29) is 21.9 Å². The van der Waals surface area contributed by atoms with Crippen LogP contribution in [0, 0.1) is 12.7 Å². The van der Waals surface area contributed by atoms with Gasteiger partial charge in [0, 0.05) is 11.3 Å². The van der Waals surface area contributed by atoms with Gasteiger partial charge in [0.25, 0.3) is 11.7 Å². The lowest BCUT2D eigenvalue weighted by Gasteiger charge is -2.27. The van der Waals surface area contributed by atoms with Crippen molar-refractivity contribution in [3.63, 3.8) is 0 Å². The lowest BCUT2D eigenvalue weighted by atomic mass is 9.92. The number of ether oxygens (including phenoxy) is 1. The Bertz CT molecular complexity index is 1250. The number of ketones is 1. The van der Waals surface area contributed by atoms with E-state index >= 15 is 0 Å². The Morgan fingerprint density at radius 1 is 1.06 bits per heavy atom. The highest BCUT2D eigenvalue weighted by molar-refractivity contribution is 6.51. The number of hydrogen-bond acceptors (Lipinski definition) is 4. The Hall–Kier alpha value is -3.64. The van der Waals surface area contributed by atoms with Crippen molar-refractivity contribution in [3.8, 4) is 5.75 Å².